The predicted octanol–water partition coefficient (Wildman–Crippen LogP) is 0.177. The van der Waals surface area contributed by atoms with Crippen molar-refractivity contribution < 1.29 is 13.2 Å². The number of hydrogen-bond acceptors (Lipinski definition) is 4. The van der Waals surface area contributed by atoms with Crippen LogP contribution in [0.5, 0.6) is 0 Å². The van der Waals surface area contributed by atoms with Gasteiger partial charge in [0.1, 0.15) is 0 Å². The molecule has 0 amide bonds. The Bertz CT molecular complexity index is 358. The highest BCUT2D eigenvalue weighted by molar-refractivity contribution is 7.89. The van der Waals surface area contributed by atoms with Crippen molar-refractivity contribution in [1.82, 2.24) is 9.62 Å². The summed E-state index contributed by atoms with van der Waals surface area (Å²) >= 11 is 0. The summed E-state index contributed by atoms with van der Waals surface area (Å²) in [6, 6.07) is 0.0769. The minimum atomic E-state index is -3.19. The van der Waals surface area contributed by atoms with Gasteiger partial charge in [0, 0.05) is 13.1 Å². The molecule has 1 aliphatic carbocycles. The molecule has 3 unspecified atom stereocenters. The van der Waals surface area contributed by atoms with Crippen LogP contribution in [0.4, 0.5) is 0 Å². The van der Waals surface area contributed by atoms with Crippen molar-refractivity contribution in [1.29, 1.82) is 0 Å². The molecule has 5 nitrogen and oxygen atoms in total. The SMILES string of the molecule is CNCC(C)S(=O)(=O)N1CCOC2CCCC21. The van der Waals surface area contributed by atoms with Crippen LogP contribution in [-0.2, 0) is 14.8 Å². The van der Waals surface area contributed by atoms with E-state index >= 15 is 0 Å². The minimum absolute atomic E-state index is 0.0769. The molecule has 0 radical (unpaired) electrons. The minimum Gasteiger partial charge on any atom is -0.375 e. The summed E-state index contributed by atoms with van der Waals surface area (Å²) in [6.45, 7) is 3.31. The lowest BCUT2D eigenvalue weighted by atomic mass is 10.2. The summed E-state index contributed by atoms with van der Waals surface area (Å²) in [5, 5.41) is 2.57. The van der Waals surface area contributed by atoms with Gasteiger partial charge in [-0.05, 0) is 33.2 Å². The zero-order valence-electron chi connectivity index (χ0n) is 10.6. The largest absolute Gasteiger partial charge is 0.375 e. The maximum atomic E-state index is 12.4. The van der Waals surface area contributed by atoms with Crippen molar-refractivity contribution in [3.8, 4) is 0 Å². The Hall–Kier alpha value is -0.170. The lowest BCUT2D eigenvalue weighted by Gasteiger charge is -2.38. The van der Waals surface area contributed by atoms with Crippen molar-refractivity contribution in [3.63, 3.8) is 0 Å². The van der Waals surface area contributed by atoms with Crippen LogP contribution in [0.15, 0.2) is 0 Å². The Labute approximate surface area is 104 Å². The van der Waals surface area contributed by atoms with Gasteiger partial charge in [0.05, 0.1) is 24.0 Å². The summed E-state index contributed by atoms with van der Waals surface area (Å²) in [5.41, 5.74) is 0. The molecule has 0 bridgehead atoms. The summed E-state index contributed by atoms with van der Waals surface area (Å²) in [7, 11) is -1.41. The van der Waals surface area contributed by atoms with Crippen molar-refractivity contribution in [2.75, 3.05) is 26.7 Å². The molecule has 1 aliphatic heterocycles. The number of rotatable bonds is 4. The third kappa shape index (κ3) is 2.50. The van der Waals surface area contributed by atoms with Gasteiger partial charge < -0.3 is 10.1 Å². The van der Waals surface area contributed by atoms with Crippen molar-refractivity contribution in [2.24, 2.45) is 0 Å². The molecule has 1 N–H and O–H groups in total. The molecule has 0 aromatic rings. The molecule has 1 saturated heterocycles. The van der Waals surface area contributed by atoms with Gasteiger partial charge in [-0.25, -0.2) is 8.42 Å². The van der Waals surface area contributed by atoms with Crippen LogP contribution < -0.4 is 5.32 Å². The highest BCUT2D eigenvalue weighted by Crippen LogP contribution is 2.32. The number of hydrogen-bond donors (Lipinski definition) is 1. The van der Waals surface area contributed by atoms with Crippen molar-refractivity contribution >= 4 is 10.0 Å². The van der Waals surface area contributed by atoms with Crippen LogP contribution in [0.1, 0.15) is 26.2 Å². The van der Waals surface area contributed by atoms with E-state index in [9.17, 15) is 8.42 Å². The molecule has 6 heteroatoms. The first-order valence-electron chi connectivity index (χ1n) is 6.34. The Morgan fingerprint density at radius 3 is 2.94 bits per heavy atom. The monoisotopic (exact) mass is 262 g/mol. The predicted molar refractivity (Wildman–Crippen MR) is 66.4 cm³/mol. The molecule has 2 aliphatic rings. The maximum absolute atomic E-state index is 12.4. The van der Waals surface area contributed by atoms with E-state index in [0.29, 0.717) is 19.7 Å². The van der Waals surface area contributed by atoms with E-state index < -0.39 is 10.0 Å². The van der Waals surface area contributed by atoms with Gasteiger partial charge in [0.15, 0.2) is 0 Å². The van der Waals surface area contributed by atoms with Gasteiger partial charge >= 0.3 is 0 Å². The zero-order valence-corrected chi connectivity index (χ0v) is 11.4. The van der Waals surface area contributed by atoms with Gasteiger partial charge in [-0.3, -0.25) is 0 Å². The number of nitrogens with one attached hydrogen (secondary N) is 1. The Balaban J connectivity index is 2.14. The van der Waals surface area contributed by atoms with E-state index in [4.69, 9.17) is 4.74 Å². The average Bonchev–Trinajstić information content (AvgIpc) is 2.76. The van der Waals surface area contributed by atoms with E-state index in [-0.39, 0.29) is 17.4 Å². The van der Waals surface area contributed by atoms with E-state index in [2.05, 4.69) is 5.32 Å². The second-order valence-corrected chi connectivity index (χ2v) is 7.24. The molecule has 1 heterocycles. The van der Waals surface area contributed by atoms with Crippen molar-refractivity contribution in [2.45, 2.75) is 43.6 Å². The van der Waals surface area contributed by atoms with E-state index in [1.807, 2.05) is 0 Å². The van der Waals surface area contributed by atoms with Crippen LogP contribution in [0, 0.1) is 0 Å². The van der Waals surface area contributed by atoms with E-state index in [1.165, 1.54) is 0 Å². The smallest absolute Gasteiger partial charge is 0.218 e. The molecule has 0 spiro atoms. The van der Waals surface area contributed by atoms with Crippen LogP contribution in [0.2, 0.25) is 0 Å². The molecular weight excluding hydrogens is 240 g/mol. The fourth-order valence-electron chi connectivity index (χ4n) is 2.83. The molecule has 2 rings (SSSR count). The molecule has 3 atom stereocenters. The molecule has 1 saturated carbocycles. The van der Waals surface area contributed by atoms with Crippen molar-refractivity contribution in [3.05, 3.63) is 0 Å². The first kappa shape index (κ1) is 13.3. The first-order valence-corrected chi connectivity index (χ1v) is 7.84. The van der Waals surface area contributed by atoms with E-state index in [0.717, 1.165) is 19.3 Å². The molecule has 0 aromatic carbocycles. The average molecular weight is 262 g/mol. The summed E-state index contributed by atoms with van der Waals surface area (Å²) < 4.78 is 32.2. The lowest BCUT2D eigenvalue weighted by molar-refractivity contribution is -0.0244. The van der Waals surface area contributed by atoms with E-state index in [1.54, 1.807) is 18.3 Å². The quantitative estimate of drug-likeness (QED) is 0.785. The molecule has 100 valence electrons. The van der Waals surface area contributed by atoms with Gasteiger partial charge in [-0.2, -0.15) is 4.31 Å². The topological polar surface area (TPSA) is 58.6 Å². The Kier molecular flexibility index (Phi) is 4.07. The highest BCUT2D eigenvalue weighted by Gasteiger charge is 2.43. The van der Waals surface area contributed by atoms with Gasteiger partial charge in [0.25, 0.3) is 0 Å². The second kappa shape index (κ2) is 5.22. The first-order chi connectivity index (χ1) is 8.07. The number of sulfonamides is 1. The number of morpholine rings is 1. The lowest BCUT2D eigenvalue weighted by Crippen LogP contribution is -2.54. The second-order valence-electron chi connectivity index (χ2n) is 4.93. The van der Waals surface area contributed by atoms with Gasteiger partial charge in [-0.1, -0.05) is 0 Å². The summed E-state index contributed by atoms with van der Waals surface area (Å²) in [5.74, 6) is 0. The molecule has 0 aromatic heterocycles. The Morgan fingerprint density at radius 1 is 1.47 bits per heavy atom. The Morgan fingerprint density at radius 2 is 2.24 bits per heavy atom. The molecule has 17 heavy (non-hydrogen) atoms. The fourth-order valence-corrected chi connectivity index (χ4v) is 4.62. The maximum Gasteiger partial charge on any atom is 0.218 e. The molecule has 2 fully saturated rings. The molecular formula is C11H22N2O3S. The van der Waals surface area contributed by atoms with Crippen LogP contribution in [-0.4, -0.2) is 56.9 Å². The van der Waals surface area contributed by atoms with Gasteiger partial charge in [-0.15, -0.1) is 0 Å². The third-order valence-electron chi connectivity index (χ3n) is 3.76. The van der Waals surface area contributed by atoms with Crippen LogP contribution in [0.25, 0.3) is 0 Å². The highest BCUT2D eigenvalue weighted by atomic mass is 32.2. The number of fused-ring (bicyclic) bond motifs is 1. The van der Waals surface area contributed by atoms with Gasteiger partial charge in [0.2, 0.25) is 10.0 Å². The number of nitrogens with zero attached hydrogens (tertiary/aromatic N) is 1. The zero-order chi connectivity index (χ0) is 12.5. The summed E-state index contributed by atoms with van der Waals surface area (Å²) in [4.78, 5) is 0. The normalized spacial score (nSPS) is 32.4. The fraction of sp³-hybridized carbons (Fsp3) is 1.00. The van der Waals surface area contributed by atoms with Crippen LogP contribution >= 0.6 is 0 Å². The third-order valence-corrected chi connectivity index (χ3v) is 6.05. The van der Waals surface area contributed by atoms with Crippen LogP contribution in [0.3, 0.4) is 0 Å². The standard InChI is InChI=1S/C11H22N2O3S/c1-9(8-12-2)17(14,15)13-6-7-16-11-5-3-4-10(11)13/h9-12H,3-8H2,1-2H3. The summed E-state index contributed by atoms with van der Waals surface area (Å²) in [6.07, 6.45) is 3.13. The number of ether oxygens (including phenoxy) is 1.